The molecule has 0 radical (unpaired) electrons. The number of hydrogen-bond donors (Lipinski definition) is 1. The monoisotopic (exact) mass is 377 g/mol. The van der Waals surface area contributed by atoms with E-state index in [1.165, 1.54) is 14.0 Å². The van der Waals surface area contributed by atoms with Gasteiger partial charge in [-0.3, -0.25) is 15.1 Å². The number of carbonyl (C=O) groups excluding carboxylic acids is 3. The summed E-state index contributed by atoms with van der Waals surface area (Å²) in [5.41, 5.74) is 3.18. The smallest absolute Gasteiger partial charge is 0.357 e. The Labute approximate surface area is 159 Å². The first-order chi connectivity index (χ1) is 12.6. The first kappa shape index (κ1) is 22.4. The Hall–Kier alpha value is -2.67. The van der Waals surface area contributed by atoms with Gasteiger partial charge in [0.2, 0.25) is 0 Å². The van der Waals surface area contributed by atoms with Crippen molar-refractivity contribution in [1.82, 2.24) is 5.48 Å². The Balaban J connectivity index is 3.10. The third kappa shape index (κ3) is 7.22. The number of rotatable bonds is 8. The molecule has 0 aliphatic heterocycles. The molecule has 7 heteroatoms. The second kappa shape index (κ2) is 9.87. The average Bonchev–Trinajstić information content (AvgIpc) is 2.57. The number of allylic oxidation sites excluding steroid dienone is 1. The predicted octanol–water partition coefficient (Wildman–Crippen LogP) is 2.74. The van der Waals surface area contributed by atoms with E-state index in [1.54, 1.807) is 52.0 Å². The third-order valence-electron chi connectivity index (χ3n) is 3.38. The van der Waals surface area contributed by atoms with Crippen LogP contribution in [0.15, 0.2) is 35.5 Å². The Morgan fingerprint density at radius 1 is 1.07 bits per heavy atom. The van der Waals surface area contributed by atoms with Gasteiger partial charge in [0, 0.05) is 12.0 Å². The largest absolute Gasteiger partial charge is 0.461 e. The lowest BCUT2D eigenvalue weighted by Gasteiger charge is -2.19. The van der Waals surface area contributed by atoms with Crippen LogP contribution in [0.25, 0.3) is 0 Å². The molecule has 0 atom stereocenters. The summed E-state index contributed by atoms with van der Waals surface area (Å²) in [5, 5.41) is 0. The zero-order chi connectivity index (χ0) is 20.6. The summed E-state index contributed by atoms with van der Waals surface area (Å²) in [6.07, 6.45) is 0.175. The number of carbonyl (C=O) groups is 3. The highest BCUT2D eigenvalue weighted by atomic mass is 16.6. The summed E-state index contributed by atoms with van der Waals surface area (Å²) in [6.45, 7) is 8.59. The van der Waals surface area contributed by atoms with Gasteiger partial charge >= 0.3 is 11.9 Å². The Kier molecular flexibility index (Phi) is 8.18. The van der Waals surface area contributed by atoms with E-state index in [-0.39, 0.29) is 30.1 Å². The minimum Gasteiger partial charge on any atom is -0.461 e. The first-order valence-corrected chi connectivity index (χ1v) is 8.61. The molecule has 27 heavy (non-hydrogen) atoms. The number of Topliss-reactive ketones (excluding diaryl/α,β-unsaturated/α-hetero) is 1. The quantitative estimate of drug-likeness (QED) is 0.423. The molecule has 148 valence electrons. The number of hydroxylamine groups is 1. The number of nitrogens with one attached hydrogen (secondary N) is 1. The summed E-state index contributed by atoms with van der Waals surface area (Å²) in [5.74, 6) is -1.39. The van der Waals surface area contributed by atoms with Crippen molar-refractivity contribution in [3.05, 3.63) is 46.7 Å². The van der Waals surface area contributed by atoms with E-state index in [9.17, 15) is 14.4 Å². The van der Waals surface area contributed by atoms with Crippen molar-refractivity contribution in [1.29, 1.82) is 0 Å². The normalized spacial score (nSPS) is 12.1. The molecular formula is C20H27NO6. The standard InChI is InChI=1S/C20H27NO6/c1-7-26-19(24)17(21-25-6)16(13(2)22)12-14-8-10-15(11-9-14)18(23)27-20(3,4)5/h8-11,21H,7,12H2,1-6H3. The molecule has 0 unspecified atom stereocenters. The lowest BCUT2D eigenvalue weighted by molar-refractivity contribution is -0.140. The zero-order valence-electron chi connectivity index (χ0n) is 16.7. The van der Waals surface area contributed by atoms with Gasteiger partial charge in [-0.1, -0.05) is 12.1 Å². The van der Waals surface area contributed by atoms with Crippen LogP contribution in [-0.2, 0) is 30.3 Å². The first-order valence-electron chi connectivity index (χ1n) is 8.61. The van der Waals surface area contributed by atoms with Crippen LogP contribution in [0.2, 0.25) is 0 Å². The van der Waals surface area contributed by atoms with E-state index in [4.69, 9.17) is 14.3 Å². The Morgan fingerprint density at radius 2 is 1.67 bits per heavy atom. The van der Waals surface area contributed by atoms with Crippen molar-refractivity contribution in [2.75, 3.05) is 13.7 Å². The maximum atomic E-state index is 12.1. The highest BCUT2D eigenvalue weighted by Gasteiger charge is 2.21. The van der Waals surface area contributed by atoms with Crippen LogP contribution in [0.4, 0.5) is 0 Å². The van der Waals surface area contributed by atoms with Crippen LogP contribution in [-0.4, -0.2) is 37.0 Å². The molecule has 0 amide bonds. The molecule has 0 heterocycles. The number of ether oxygens (including phenoxy) is 2. The SMILES string of the molecule is CCOC(=O)C(NOC)=C(Cc1ccc(C(=O)OC(C)(C)C)cc1)C(C)=O. The third-order valence-corrected chi connectivity index (χ3v) is 3.38. The molecule has 1 aromatic carbocycles. The summed E-state index contributed by atoms with van der Waals surface area (Å²) >= 11 is 0. The number of ketones is 1. The lowest BCUT2D eigenvalue weighted by Crippen LogP contribution is -2.26. The van der Waals surface area contributed by atoms with E-state index in [2.05, 4.69) is 5.48 Å². The van der Waals surface area contributed by atoms with Crippen LogP contribution in [0.5, 0.6) is 0 Å². The van der Waals surface area contributed by atoms with Crippen LogP contribution in [0.3, 0.4) is 0 Å². The van der Waals surface area contributed by atoms with Crippen molar-refractivity contribution in [3.8, 4) is 0 Å². The van der Waals surface area contributed by atoms with Crippen LogP contribution < -0.4 is 5.48 Å². The average molecular weight is 377 g/mol. The topological polar surface area (TPSA) is 90.9 Å². The van der Waals surface area contributed by atoms with E-state index in [1.807, 2.05) is 0 Å². The van der Waals surface area contributed by atoms with Gasteiger partial charge in [0.15, 0.2) is 11.5 Å². The fourth-order valence-electron chi connectivity index (χ4n) is 2.22. The summed E-state index contributed by atoms with van der Waals surface area (Å²) in [7, 11) is 1.34. The second-order valence-corrected chi connectivity index (χ2v) is 6.81. The van der Waals surface area contributed by atoms with Gasteiger partial charge in [-0.25, -0.2) is 9.59 Å². The van der Waals surface area contributed by atoms with Crippen molar-refractivity contribution < 1.29 is 28.7 Å². The fraction of sp³-hybridized carbons (Fsp3) is 0.450. The summed E-state index contributed by atoms with van der Waals surface area (Å²) < 4.78 is 10.3. The predicted molar refractivity (Wildman–Crippen MR) is 99.8 cm³/mol. The molecule has 1 N–H and O–H groups in total. The highest BCUT2D eigenvalue weighted by Crippen LogP contribution is 2.17. The molecule has 1 rings (SSSR count). The maximum absolute atomic E-state index is 12.1. The Morgan fingerprint density at radius 3 is 2.11 bits per heavy atom. The molecule has 0 saturated carbocycles. The molecule has 0 aliphatic rings. The van der Waals surface area contributed by atoms with Crippen molar-refractivity contribution in [2.24, 2.45) is 0 Å². The van der Waals surface area contributed by atoms with Gasteiger partial charge in [0.1, 0.15) is 5.60 Å². The molecule has 0 aromatic heterocycles. The number of esters is 2. The van der Waals surface area contributed by atoms with Crippen LogP contribution in [0, 0.1) is 0 Å². The number of benzene rings is 1. The maximum Gasteiger partial charge on any atom is 0.357 e. The molecule has 0 spiro atoms. The summed E-state index contributed by atoms with van der Waals surface area (Å²) in [6, 6.07) is 6.65. The minimum absolute atomic E-state index is 0.0388. The van der Waals surface area contributed by atoms with Gasteiger partial charge in [-0.15, -0.1) is 0 Å². The van der Waals surface area contributed by atoms with E-state index >= 15 is 0 Å². The molecule has 0 saturated heterocycles. The molecule has 0 fully saturated rings. The molecule has 7 nitrogen and oxygen atoms in total. The minimum atomic E-state index is -0.671. The molecule has 0 bridgehead atoms. The van der Waals surface area contributed by atoms with E-state index in [0.717, 1.165) is 5.56 Å². The highest BCUT2D eigenvalue weighted by molar-refractivity contribution is 6.02. The zero-order valence-corrected chi connectivity index (χ0v) is 16.7. The fourth-order valence-corrected chi connectivity index (χ4v) is 2.22. The van der Waals surface area contributed by atoms with E-state index in [0.29, 0.717) is 5.56 Å². The molecule has 1 aromatic rings. The van der Waals surface area contributed by atoms with E-state index < -0.39 is 17.5 Å². The van der Waals surface area contributed by atoms with Crippen LogP contribution >= 0.6 is 0 Å². The Bertz CT molecular complexity index is 713. The van der Waals surface area contributed by atoms with Gasteiger partial charge in [0.25, 0.3) is 0 Å². The van der Waals surface area contributed by atoms with Crippen molar-refractivity contribution in [3.63, 3.8) is 0 Å². The lowest BCUT2D eigenvalue weighted by atomic mass is 9.99. The number of hydrogen-bond acceptors (Lipinski definition) is 7. The molecule has 0 aliphatic carbocycles. The molecular weight excluding hydrogens is 350 g/mol. The van der Waals surface area contributed by atoms with Crippen molar-refractivity contribution in [2.45, 2.75) is 46.6 Å². The van der Waals surface area contributed by atoms with Crippen molar-refractivity contribution >= 4 is 17.7 Å². The van der Waals surface area contributed by atoms with Crippen LogP contribution in [0.1, 0.15) is 50.5 Å². The van der Waals surface area contributed by atoms with Gasteiger partial charge in [0.05, 0.1) is 19.3 Å². The summed E-state index contributed by atoms with van der Waals surface area (Å²) in [4.78, 5) is 41.1. The van der Waals surface area contributed by atoms with Gasteiger partial charge in [-0.2, -0.15) is 0 Å². The van der Waals surface area contributed by atoms with Gasteiger partial charge in [-0.05, 0) is 52.3 Å². The van der Waals surface area contributed by atoms with Gasteiger partial charge < -0.3 is 9.47 Å². The second-order valence-electron chi connectivity index (χ2n) is 6.81.